The second-order valence-corrected chi connectivity index (χ2v) is 4.80. The summed E-state index contributed by atoms with van der Waals surface area (Å²) in [6, 6.07) is 5.20. The number of carbonyl (C=O) groups excluding carboxylic acids is 2. The third-order valence-corrected chi connectivity index (χ3v) is 2.87. The van der Waals surface area contributed by atoms with Gasteiger partial charge in [0.1, 0.15) is 0 Å². The number of amides is 3. The molecule has 0 aliphatic heterocycles. The zero-order valence-electron chi connectivity index (χ0n) is 12.4. The number of unbranched alkanes of at least 4 members (excludes halogenated alkanes) is 2. The summed E-state index contributed by atoms with van der Waals surface area (Å²) in [5, 5.41) is 8.31. The van der Waals surface area contributed by atoms with E-state index in [1.165, 1.54) is 6.92 Å². The van der Waals surface area contributed by atoms with Gasteiger partial charge in [-0.15, -0.1) is 0 Å². The highest BCUT2D eigenvalue weighted by Crippen LogP contribution is 2.20. The van der Waals surface area contributed by atoms with Crippen LogP contribution in [0.15, 0.2) is 18.2 Å². The summed E-state index contributed by atoms with van der Waals surface area (Å²) in [7, 11) is 0. The van der Waals surface area contributed by atoms with Gasteiger partial charge in [0.05, 0.1) is 0 Å². The molecule has 0 saturated carbocycles. The Balaban J connectivity index is 2.57. The molecule has 3 N–H and O–H groups in total. The number of nitrogens with one attached hydrogen (secondary N) is 3. The minimum absolute atomic E-state index is 0.135. The maximum absolute atomic E-state index is 11.8. The minimum Gasteiger partial charge on any atom is -0.338 e. The molecular formula is C15H23N3O2. The molecule has 0 aliphatic rings. The summed E-state index contributed by atoms with van der Waals surface area (Å²) >= 11 is 0. The highest BCUT2D eigenvalue weighted by atomic mass is 16.2. The first-order chi connectivity index (χ1) is 9.52. The van der Waals surface area contributed by atoms with E-state index in [2.05, 4.69) is 22.9 Å². The first-order valence-electron chi connectivity index (χ1n) is 6.96. The van der Waals surface area contributed by atoms with Crippen molar-refractivity contribution in [2.45, 2.75) is 40.0 Å². The van der Waals surface area contributed by atoms with Crippen LogP contribution in [0.4, 0.5) is 16.2 Å². The van der Waals surface area contributed by atoms with Crippen LogP contribution in [-0.2, 0) is 4.79 Å². The van der Waals surface area contributed by atoms with E-state index >= 15 is 0 Å². The summed E-state index contributed by atoms with van der Waals surface area (Å²) in [5.74, 6) is -0.135. The first-order valence-corrected chi connectivity index (χ1v) is 6.96. The topological polar surface area (TPSA) is 70.2 Å². The van der Waals surface area contributed by atoms with Crippen LogP contribution in [0.1, 0.15) is 38.7 Å². The van der Waals surface area contributed by atoms with Gasteiger partial charge in [0.15, 0.2) is 0 Å². The smallest absolute Gasteiger partial charge is 0.319 e. The van der Waals surface area contributed by atoms with Gasteiger partial charge in [-0.2, -0.15) is 0 Å². The van der Waals surface area contributed by atoms with E-state index < -0.39 is 0 Å². The van der Waals surface area contributed by atoms with Crippen molar-refractivity contribution < 1.29 is 9.59 Å². The molecule has 0 heterocycles. The maximum atomic E-state index is 11.8. The van der Waals surface area contributed by atoms with E-state index in [0.29, 0.717) is 17.9 Å². The zero-order valence-corrected chi connectivity index (χ0v) is 12.4. The molecule has 0 atom stereocenters. The SMILES string of the molecule is CCCCCNC(=O)Nc1cc(NC(C)=O)ccc1C. The molecule has 0 spiro atoms. The predicted octanol–water partition coefficient (Wildman–Crippen LogP) is 3.27. The van der Waals surface area contributed by atoms with E-state index in [0.717, 1.165) is 24.8 Å². The molecule has 110 valence electrons. The Hall–Kier alpha value is -2.04. The lowest BCUT2D eigenvalue weighted by molar-refractivity contribution is -0.114. The lowest BCUT2D eigenvalue weighted by Gasteiger charge is -2.11. The van der Waals surface area contributed by atoms with Crippen molar-refractivity contribution in [1.29, 1.82) is 0 Å². The number of carbonyl (C=O) groups is 2. The van der Waals surface area contributed by atoms with Crippen molar-refractivity contribution in [3.05, 3.63) is 23.8 Å². The molecule has 0 aromatic heterocycles. The zero-order chi connectivity index (χ0) is 15.0. The van der Waals surface area contributed by atoms with Gasteiger partial charge in [0, 0.05) is 24.8 Å². The molecule has 1 aromatic carbocycles. The molecule has 20 heavy (non-hydrogen) atoms. The highest BCUT2D eigenvalue weighted by molar-refractivity contribution is 5.93. The number of rotatable bonds is 6. The van der Waals surface area contributed by atoms with Crippen molar-refractivity contribution in [2.75, 3.05) is 17.2 Å². The lowest BCUT2D eigenvalue weighted by atomic mass is 10.2. The van der Waals surface area contributed by atoms with E-state index in [1.54, 1.807) is 12.1 Å². The van der Waals surface area contributed by atoms with Crippen LogP contribution in [0.3, 0.4) is 0 Å². The molecule has 0 unspecified atom stereocenters. The van der Waals surface area contributed by atoms with Gasteiger partial charge in [-0.05, 0) is 31.0 Å². The standard InChI is InChI=1S/C15H23N3O2/c1-4-5-6-9-16-15(20)18-14-10-13(17-12(3)19)8-7-11(14)2/h7-8,10H,4-6,9H2,1-3H3,(H,17,19)(H2,16,18,20). The van der Waals surface area contributed by atoms with Crippen molar-refractivity contribution in [1.82, 2.24) is 5.32 Å². The summed E-state index contributed by atoms with van der Waals surface area (Å²) in [5.41, 5.74) is 2.32. The Kier molecular flexibility index (Phi) is 6.56. The second-order valence-electron chi connectivity index (χ2n) is 4.80. The Morgan fingerprint density at radius 2 is 1.90 bits per heavy atom. The van der Waals surface area contributed by atoms with Crippen molar-refractivity contribution in [2.24, 2.45) is 0 Å². The van der Waals surface area contributed by atoms with E-state index in [4.69, 9.17) is 0 Å². The predicted molar refractivity (Wildman–Crippen MR) is 82.0 cm³/mol. The third-order valence-electron chi connectivity index (χ3n) is 2.87. The summed E-state index contributed by atoms with van der Waals surface area (Å²) < 4.78 is 0. The van der Waals surface area contributed by atoms with Crippen LogP contribution >= 0.6 is 0 Å². The van der Waals surface area contributed by atoms with Gasteiger partial charge in [0.25, 0.3) is 0 Å². The molecule has 1 rings (SSSR count). The summed E-state index contributed by atoms with van der Waals surface area (Å²) in [4.78, 5) is 22.8. The van der Waals surface area contributed by atoms with Gasteiger partial charge < -0.3 is 16.0 Å². The number of benzene rings is 1. The Morgan fingerprint density at radius 3 is 2.55 bits per heavy atom. The molecular weight excluding hydrogens is 254 g/mol. The molecule has 5 nitrogen and oxygen atoms in total. The molecule has 0 bridgehead atoms. The number of hydrogen-bond acceptors (Lipinski definition) is 2. The summed E-state index contributed by atoms with van der Waals surface area (Å²) in [6.45, 7) is 6.15. The van der Waals surface area contributed by atoms with E-state index in [9.17, 15) is 9.59 Å². The van der Waals surface area contributed by atoms with Crippen LogP contribution in [0, 0.1) is 6.92 Å². The summed E-state index contributed by atoms with van der Waals surface area (Å²) in [6.07, 6.45) is 3.22. The minimum atomic E-state index is -0.218. The Bertz CT molecular complexity index is 472. The van der Waals surface area contributed by atoms with Crippen molar-refractivity contribution >= 4 is 23.3 Å². The average Bonchev–Trinajstić information content (AvgIpc) is 2.38. The number of anilines is 2. The lowest BCUT2D eigenvalue weighted by Crippen LogP contribution is -2.29. The van der Waals surface area contributed by atoms with E-state index in [1.807, 2.05) is 13.0 Å². The van der Waals surface area contributed by atoms with Crippen LogP contribution in [0.2, 0.25) is 0 Å². The van der Waals surface area contributed by atoms with Gasteiger partial charge >= 0.3 is 6.03 Å². The fraction of sp³-hybridized carbons (Fsp3) is 0.467. The van der Waals surface area contributed by atoms with Gasteiger partial charge in [0.2, 0.25) is 5.91 Å². The maximum Gasteiger partial charge on any atom is 0.319 e. The van der Waals surface area contributed by atoms with Gasteiger partial charge in [-0.3, -0.25) is 4.79 Å². The Morgan fingerprint density at radius 1 is 1.15 bits per heavy atom. The molecule has 3 amide bonds. The fourth-order valence-corrected chi connectivity index (χ4v) is 1.78. The molecule has 1 aromatic rings. The van der Waals surface area contributed by atoms with Crippen LogP contribution in [-0.4, -0.2) is 18.5 Å². The van der Waals surface area contributed by atoms with Crippen LogP contribution < -0.4 is 16.0 Å². The van der Waals surface area contributed by atoms with E-state index in [-0.39, 0.29) is 11.9 Å². The quantitative estimate of drug-likeness (QED) is 0.698. The van der Waals surface area contributed by atoms with Crippen LogP contribution in [0.25, 0.3) is 0 Å². The normalized spacial score (nSPS) is 9.95. The third kappa shape index (κ3) is 5.73. The van der Waals surface area contributed by atoms with Crippen LogP contribution in [0.5, 0.6) is 0 Å². The molecule has 5 heteroatoms. The molecule has 0 saturated heterocycles. The molecule has 0 radical (unpaired) electrons. The number of aryl methyl sites for hydroxylation is 1. The van der Waals surface area contributed by atoms with Crippen molar-refractivity contribution in [3.63, 3.8) is 0 Å². The number of urea groups is 1. The average molecular weight is 277 g/mol. The largest absolute Gasteiger partial charge is 0.338 e. The second kappa shape index (κ2) is 8.19. The monoisotopic (exact) mass is 277 g/mol. The fourth-order valence-electron chi connectivity index (χ4n) is 1.78. The highest BCUT2D eigenvalue weighted by Gasteiger charge is 2.05. The first kappa shape index (κ1) is 16.0. The van der Waals surface area contributed by atoms with Gasteiger partial charge in [-0.25, -0.2) is 4.79 Å². The molecule has 0 fully saturated rings. The van der Waals surface area contributed by atoms with Gasteiger partial charge in [-0.1, -0.05) is 25.8 Å². The van der Waals surface area contributed by atoms with Crippen molar-refractivity contribution in [3.8, 4) is 0 Å². The molecule has 0 aliphatic carbocycles. The number of hydrogen-bond donors (Lipinski definition) is 3. The Labute approximate surface area is 120 Å².